The van der Waals surface area contributed by atoms with Crippen LogP contribution in [0, 0.1) is 0 Å². The number of amides is 2. The van der Waals surface area contributed by atoms with E-state index in [1.165, 1.54) is 13.1 Å². The first-order chi connectivity index (χ1) is 11.9. The van der Waals surface area contributed by atoms with Crippen molar-refractivity contribution in [3.05, 3.63) is 59.2 Å². The minimum atomic E-state index is -0.601. The van der Waals surface area contributed by atoms with Crippen LogP contribution in [0.2, 0.25) is 5.02 Å². The van der Waals surface area contributed by atoms with Crippen LogP contribution in [0.3, 0.4) is 0 Å². The van der Waals surface area contributed by atoms with E-state index in [4.69, 9.17) is 17.3 Å². The van der Waals surface area contributed by atoms with Crippen LogP contribution in [0.25, 0.3) is 10.9 Å². The zero-order chi connectivity index (χ0) is 18.0. The lowest BCUT2D eigenvalue weighted by Gasteiger charge is -2.14. The molecule has 2 amide bonds. The van der Waals surface area contributed by atoms with Gasteiger partial charge >= 0.3 is 0 Å². The minimum Gasteiger partial charge on any atom is -0.365 e. The maximum Gasteiger partial charge on any atom is 0.252 e. The second-order valence-electron chi connectivity index (χ2n) is 5.46. The predicted octanol–water partition coefficient (Wildman–Crippen LogP) is 3.69. The summed E-state index contributed by atoms with van der Waals surface area (Å²) in [7, 11) is 0. The molecule has 3 rings (SSSR count). The maximum atomic E-state index is 11.8. The van der Waals surface area contributed by atoms with E-state index in [9.17, 15) is 9.59 Å². The van der Waals surface area contributed by atoms with Crippen LogP contribution in [-0.2, 0) is 4.79 Å². The molecular formula is C18H15ClN4O2. The number of rotatable bonds is 4. The molecule has 6 nitrogen and oxygen atoms in total. The Labute approximate surface area is 149 Å². The summed E-state index contributed by atoms with van der Waals surface area (Å²) in [5, 5.41) is 7.18. The molecule has 0 unspecified atom stereocenters. The number of nitrogens with two attached hydrogens (primary N) is 1. The summed E-state index contributed by atoms with van der Waals surface area (Å²) in [6.45, 7) is 1.43. The summed E-state index contributed by atoms with van der Waals surface area (Å²) in [6.07, 6.45) is 1.43. The van der Waals surface area contributed by atoms with Crippen LogP contribution >= 0.6 is 11.6 Å². The van der Waals surface area contributed by atoms with Crippen molar-refractivity contribution < 1.29 is 9.59 Å². The lowest BCUT2D eigenvalue weighted by atomic mass is 10.1. The first kappa shape index (κ1) is 16.7. The van der Waals surface area contributed by atoms with E-state index in [-0.39, 0.29) is 11.5 Å². The van der Waals surface area contributed by atoms with Gasteiger partial charge in [-0.1, -0.05) is 11.6 Å². The van der Waals surface area contributed by atoms with Crippen molar-refractivity contribution in [2.75, 3.05) is 10.6 Å². The molecule has 0 saturated heterocycles. The van der Waals surface area contributed by atoms with Gasteiger partial charge in [-0.2, -0.15) is 0 Å². The molecule has 2 aromatic carbocycles. The smallest absolute Gasteiger partial charge is 0.252 e. The molecule has 0 saturated carbocycles. The average molecular weight is 355 g/mol. The summed E-state index contributed by atoms with van der Waals surface area (Å²) in [6, 6.07) is 12.3. The fourth-order valence-corrected chi connectivity index (χ4v) is 2.60. The second-order valence-corrected chi connectivity index (χ2v) is 5.89. The molecule has 1 heterocycles. The van der Waals surface area contributed by atoms with E-state index in [2.05, 4.69) is 15.6 Å². The van der Waals surface area contributed by atoms with E-state index in [0.717, 1.165) is 5.69 Å². The molecule has 0 radical (unpaired) electrons. The highest BCUT2D eigenvalue weighted by molar-refractivity contribution is 6.30. The van der Waals surface area contributed by atoms with Gasteiger partial charge in [0.1, 0.15) is 0 Å². The topological polar surface area (TPSA) is 97.1 Å². The molecule has 0 aliphatic heterocycles. The van der Waals surface area contributed by atoms with E-state index >= 15 is 0 Å². The summed E-state index contributed by atoms with van der Waals surface area (Å²) in [5.41, 5.74) is 8.27. The van der Waals surface area contributed by atoms with Crippen LogP contribution < -0.4 is 16.4 Å². The largest absolute Gasteiger partial charge is 0.365 e. The van der Waals surface area contributed by atoms with Crippen LogP contribution in [0.1, 0.15) is 17.3 Å². The number of nitrogens with one attached hydrogen (secondary N) is 2. The Morgan fingerprint density at radius 2 is 1.76 bits per heavy atom. The summed E-state index contributed by atoms with van der Waals surface area (Å²) in [5.74, 6) is -0.790. The zero-order valence-electron chi connectivity index (χ0n) is 13.3. The van der Waals surface area contributed by atoms with Gasteiger partial charge in [-0.25, -0.2) is 0 Å². The predicted molar refractivity (Wildman–Crippen MR) is 99.3 cm³/mol. The van der Waals surface area contributed by atoms with E-state index in [1.54, 1.807) is 42.5 Å². The third-order valence-electron chi connectivity index (χ3n) is 3.57. The van der Waals surface area contributed by atoms with Crippen molar-refractivity contribution in [3.63, 3.8) is 0 Å². The number of primary amides is 1. The molecule has 1 aromatic heterocycles. The van der Waals surface area contributed by atoms with Gasteiger partial charge in [-0.15, -0.1) is 0 Å². The molecule has 0 aliphatic rings. The number of carbonyl (C=O) groups is 2. The van der Waals surface area contributed by atoms with Crippen molar-refractivity contribution in [3.8, 4) is 0 Å². The number of carbonyl (C=O) groups excluding carboxylic acids is 2. The van der Waals surface area contributed by atoms with Gasteiger partial charge in [0.05, 0.1) is 16.8 Å². The Morgan fingerprint density at radius 1 is 1.08 bits per heavy atom. The van der Waals surface area contributed by atoms with Crippen LogP contribution in [0.15, 0.2) is 48.7 Å². The highest BCUT2D eigenvalue weighted by Gasteiger charge is 2.14. The lowest BCUT2D eigenvalue weighted by molar-refractivity contribution is -0.114. The van der Waals surface area contributed by atoms with Crippen LogP contribution in [0.4, 0.5) is 17.1 Å². The van der Waals surface area contributed by atoms with Gasteiger partial charge in [0.15, 0.2) is 0 Å². The Bertz CT molecular complexity index is 971. The maximum absolute atomic E-state index is 11.8. The Kier molecular flexibility index (Phi) is 4.54. The van der Waals surface area contributed by atoms with Crippen molar-refractivity contribution in [2.45, 2.75) is 6.92 Å². The molecule has 25 heavy (non-hydrogen) atoms. The normalized spacial score (nSPS) is 10.5. The quantitative estimate of drug-likeness (QED) is 0.665. The number of aromatic nitrogens is 1. The molecule has 0 aliphatic carbocycles. The number of fused-ring (bicyclic) bond motifs is 1. The Morgan fingerprint density at radius 3 is 2.40 bits per heavy atom. The third kappa shape index (κ3) is 3.70. The molecule has 3 aromatic rings. The Balaban J connectivity index is 2.16. The third-order valence-corrected chi connectivity index (χ3v) is 3.82. The molecule has 0 atom stereocenters. The molecule has 0 bridgehead atoms. The minimum absolute atomic E-state index is 0.189. The van der Waals surface area contributed by atoms with E-state index in [1.807, 2.05) is 0 Å². The van der Waals surface area contributed by atoms with Crippen molar-refractivity contribution >= 4 is 51.4 Å². The highest BCUT2D eigenvalue weighted by Crippen LogP contribution is 2.31. The van der Waals surface area contributed by atoms with Gasteiger partial charge in [-0.05, 0) is 42.5 Å². The molecule has 0 fully saturated rings. The number of pyridine rings is 1. The Hall–Kier alpha value is -3.12. The van der Waals surface area contributed by atoms with Gasteiger partial charge < -0.3 is 16.4 Å². The number of hydrogen-bond donors (Lipinski definition) is 3. The first-order valence-electron chi connectivity index (χ1n) is 7.47. The average Bonchev–Trinajstić information content (AvgIpc) is 2.56. The van der Waals surface area contributed by atoms with Crippen LogP contribution in [0.5, 0.6) is 0 Å². The molecule has 7 heteroatoms. The SMILES string of the molecule is CC(=O)Nc1ccc2ncc(C(N)=O)c(Nc3ccc(Cl)cc3)c2c1. The summed E-state index contributed by atoms with van der Waals surface area (Å²) < 4.78 is 0. The number of benzene rings is 2. The second kappa shape index (κ2) is 6.78. The number of nitrogens with zero attached hydrogens (tertiary/aromatic N) is 1. The van der Waals surface area contributed by atoms with E-state index < -0.39 is 5.91 Å². The van der Waals surface area contributed by atoms with Gasteiger partial charge in [0, 0.05) is 34.9 Å². The number of halogens is 1. The highest BCUT2D eigenvalue weighted by atomic mass is 35.5. The molecule has 126 valence electrons. The monoisotopic (exact) mass is 354 g/mol. The van der Waals surface area contributed by atoms with E-state index in [0.29, 0.717) is 27.3 Å². The van der Waals surface area contributed by atoms with Gasteiger partial charge in [-0.3, -0.25) is 14.6 Å². The standard InChI is InChI=1S/C18H15ClN4O2/c1-10(24)22-13-6-7-16-14(8-13)17(15(9-21-16)18(20)25)23-12-4-2-11(19)3-5-12/h2-9H,1H3,(H2,20,25)(H,21,23)(H,22,24). The van der Waals surface area contributed by atoms with Crippen molar-refractivity contribution in [1.29, 1.82) is 0 Å². The zero-order valence-corrected chi connectivity index (χ0v) is 14.1. The molecular weight excluding hydrogens is 340 g/mol. The van der Waals surface area contributed by atoms with Gasteiger partial charge in [0.25, 0.3) is 5.91 Å². The lowest BCUT2D eigenvalue weighted by Crippen LogP contribution is -2.14. The van der Waals surface area contributed by atoms with Gasteiger partial charge in [0.2, 0.25) is 5.91 Å². The fraction of sp³-hybridized carbons (Fsp3) is 0.0556. The summed E-state index contributed by atoms with van der Waals surface area (Å²) >= 11 is 5.91. The molecule has 0 spiro atoms. The summed E-state index contributed by atoms with van der Waals surface area (Å²) in [4.78, 5) is 27.4. The van der Waals surface area contributed by atoms with Crippen LogP contribution in [-0.4, -0.2) is 16.8 Å². The van der Waals surface area contributed by atoms with Crippen molar-refractivity contribution in [1.82, 2.24) is 4.98 Å². The number of anilines is 3. The molecule has 4 N–H and O–H groups in total. The fourth-order valence-electron chi connectivity index (χ4n) is 2.47. The number of hydrogen-bond acceptors (Lipinski definition) is 4. The first-order valence-corrected chi connectivity index (χ1v) is 7.84. The van der Waals surface area contributed by atoms with Crippen molar-refractivity contribution in [2.24, 2.45) is 5.73 Å².